The number of rotatable bonds is 4. The maximum Gasteiger partial charge on any atom is 0.407 e. The van der Waals surface area contributed by atoms with E-state index in [1.165, 1.54) is 14.2 Å². The van der Waals surface area contributed by atoms with Crippen molar-refractivity contribution in [3.05, 3.63) is 23.8 Å². The van der Waals surface area contributed by atoms with Gasteiger partial charge in [-0.25, -0.2) is 4.79 Å². The van der Waals surface area contributed by atoms with Crippen LogP contribution < -0.4 is 14.8 Å². The number of carbonyl (C=O) groups is 2. The lowest BCUT2D eigenvalue weighted by Crippen LogP contribution is -2.42. The first-order valence-corrected chi connectivity index (χ1v) is 8.24. The minimum Gasteiger partial charge on any atom is -0.496 e. The number of nitrogens with one attached hydrogen (secondary N) is 1. The average Bonchev–Trinajstić information content (AvgIpc) is 2.99. The van der Waals surface area contributed by atoms with Crippen molar-refractivity contribution in [2.45, 2.75) is 38.8 Å². The van der Waals surface area contributed by atoms with Crippen molar-refractivity contribution in [2.24, 2.45) is 0 Å². The van der Waals surface area contributed by atoms with Crippen LogP contribution in [0, 0.1) is 0 Å². The minimum absolute atomic E-state index is 0.198. The van der Waals surface area contributed by atoms with E-state index in [1.807, 2.05) is 20.8 Å². The highest BCUT2D eigenvalue weighted by Gasteiger charge is 2.32. The Morgan fingerprint density at radius 3 is 2.28 bits per heavy atom. The van der Waals surface area contributed by atoms with Crippen LogP contribution in [0.25, 0.3) is 0 Å². The number of alkyl carbamates (subject to hydrolysis) is 1. The van der Waals surface area contributed by atoms with Crippen molar-refractivity contribution in [3.8, 4) is 11.5 Å². The average molecular weight is 350 g/mol. The van der Waals surface area contributed by atoms with E-state index in [4.69, 9.17) is 14.2 Å². The topological polar surface area (TPSA) is 77.1 Å². The Balaban J connectivity index is 2.05. The van der Waals surface area contributed by atoms with Crippen LogP contribution in [0.15, 0.2) is 18.2 Å². The monoisotopic (exact) mass is 350 g/mol. The van der Waals surface area contributed by atoms with Gasteiger partial charge in [0.2, 0.25) is 0 Å². The summed E-state index contributed by atoms with van der Waals surface area (Å²) in [5.41, 5.74) is 0.0166. The Bertz CT molecular complexity index is 617. The molecule has 7 heteroatoms. The lowest BCUT2D eigenvalue weighted by atomic mass is 10.1. The van der Waals surface area contributed by atoms with E-state index >= 15 is 0 Å². The molecule has 1 saturated heterocycles. The third kappa shape index (κ3) is 4.78. The molecule has 1 aliphatic rings. The largest absolute Gasteiger partial charge is 0.496 e. The summed E-state index contributed by atoms with van der Waals surface area (Å²) in [6, 6.07) is 5.20. The molecular weight excluding hydrogens is 324 g/mol. The number of benzene rings is 1. The normalized spacial score (nSPS) is 17.2. The fraction of sp³-hybridized carbons (Fsp3) is 0.556. The SMILES string of the molecule is COc1cccc(OC)c1C(=O)N1CCC(OC(=O)NC(C)(C)C)C1. The number of nitrogens with zero attached hydrogens (tertiary/aromatic N) is 1. The summed E-state index contributed by atoms with van der Waals surface area (Å²) >= 11 is 0. The van der Waals surface area contributed by atoms with Crippen LogP contribution in [0.4, 0.5) is 4.79 Å². The quantitative estimate of drug-likeness (QED) is 0.902. The molecule has 1 heterocycles. The van der Waals surface area contributed by atoms with Crippen LogP contribution in [-0.4, -0.2) is 55.9 Å². The van der Waals surface area contributed by atoms with E-state index in [1.54, 1.807) is 23.1 Å². The first kappa shape index (κ1) is 18.9. The molecule has 7 nitrogen and oxygen atoms in total. The van der Waals surface area contributed by atoms with Crippen LogP contribution in [0.1, 0.15) is 37.6 Å². The molecule has 1 fully saturated rings. The van der Waals surface area contributed by atoms with E-state index in [0.717, 1.165) is 0 Å². The highest BCUT2D eigenvalue weighted by Crippen LogP contribution is 2.30. The van der Waals surface area contributed by atoms with Crippen molar-refractivity contribution in [3.63, 3.8) is 0 Å². The number of hydrogen-bond donors (Lipinski definition) is 1. The lowest BCUT2D eigenvalue weighted by Gasteiger charge is -2.22. The number of amides is 2. The molecule has 0 saturated carbocycles. The molecule has 1 aliphatic heterocycles. The van der Waals surface area contributed by atoms with Gasteiger partial charge in [-0.3, -0.25) is 4.79 Å². The van der Waals surface area contributed by atoms with Gasteiger partial charge in [0.05, 0.1) is 20.8 Å². The summed E-state index contributed by atoms with van der Waals surface area (Å²) in [7, 11) is 3.02. The summed E-state index contributed by atoms with van der Waals surface area (Å²) in [5.74, 6) is 0.718. The predicted octanol–water partition coefficient (Wildman–Crippen LogP) is 2.44. The van der Waals surface area contributed by atoms with Crippen molar-refractivity contribution in [1.82, 2.24) is 10.2 Å². The van der Waals surface area contributed by atoms with Crippen LogP contribution in [-0.2, 0) is 4.74 Å². The van der Waals surface area contributed by atoms with Gasteiger partial charge in [-0.15, -0.1) is 0 Å². The van der Waals surface area contributed by atoms with Crippen LogP contribution in [0.3, 0.4) is 0 Å². The molecule has 25 heavy (non-hydrogen) atoms. The number of ether oxygens (including phenoxy) is 3. The fourth-order valence-electron chi connectivity index (χ4n) is 2.72. The van der Waals surface area contributed by atoms with Gasteiger partial charge in [0.1, 0.15) is 23.2 Å². The highest BCUT2D eigenvalue weighted by atomic mass is 16.6. The number of methoxy groups -OCH3 is 2. The number of hydrogen-bond acceptors (Lipinski definition) is 5. The fourth-order valence-corrected chi connectivity index (χ4v) is 2.72. The Morgan fingerprint density at radius 1 is 1.16 bits per heavy atom. The summed E-state index contributed by atoms with van der Waals surface area (Å²) < 4.78 is 16.0. The third-order valence-electron chi connectivity index (χ3n) is 3.82. The Morgan fingerprint density at radius 2 is 1.76 bits per heavy atom. The van der Waals surface area contributed by atoms with Gasteiger partial charge in [0, 0.05) is 18.5 Å². The van der Waals surface area contributed by atoms with Gasteiger partial charge >= 0.3 is 6.09 Å². The molecule has 0 radical (unpaired) electrons. The van der Waals surface area contributed by atoms with Gasteiger partial charge in [-0.1, -0.05) is 6.07 Å². The maximum atomic E-state index is 12.9. The molecule has 0 aromatic heterocycles. The molecule has 1 N–H and O–H groups in total. The molecule has 1 unspecified atom stereocenters. The second-order valence-corrected chi connectivity index (χ2v) is 6.98. The summed E-state index contributed by atoms with van der Waals surface area (Å²) in [6.07, 6.45) is -0.200. The minimum atomic E-state index is -0.471. The van der Waals surface area contributed by atoms with E-state index in [9.17, 15) is 9.59 Å². The molecular formula is C18H26N2O5. The zero-order valence-corrected chi connectivity index (χ0v) is 15.4. The zero-order chi connectivity index (χ0) is 18.6. The summed E-state index contributed by atoms with van der Waals surface area (Å²) in [5, 5.41) is 2.75. The Hall–Kier alpha value is -2.44. The summed E-state index contributed by atoms with van der Waals surface area (Å²) in [4.78, 5) is 26.4. The molecule has 138 valence electrons. The van der Waals surface area contributed by atoms with E-state index in [2.05, 4.69) is 5.32 Å². The molecule has 0 aliphatic carbocycles. The number of likely N-dealkylation sites (tertiary alicyclic amines) is 1. The van der Waals surface area contributed by atoms with Gasteiger partial charge in [-0.05, 0) is 32.9 Å². The third-order valence-corrected chi connectivity index (χ3v) is 3.82. The molecule has 2 rings (SSSR count). The number of carbonyl (C=O) groups excluding carboxylic acids is 2. The van der Waals surface area contributed by atoms with Crippen LogP contribution >= 0.6 is 0 Å². The molecule has 0 spiro atoms. The van der Waals surface area contributed by atoms with E-state index < -0.39 is 6.09 Å². The zero-order valence-electron chi connectivity index (χ0n) is 15.4. The molecule has 0 bridgehead atoms. The van der Waals surface area contributed by atoms with Crippen molar-refractivity contribution in [2.75, 3.05) is 27.3 Å². The van der Waals surface area contributed by atoms with Crippen molar-refractivity contribution >= 4 is 12.0 Å². The van der Waals surface area contributed by atoms with Crippen molar-refractivity contribution < 1.29 is 23.8 Å². The van der Waals surface area contributed by atoms with Gasteiger partial charge in [0.15, 0.2) is 0 Å². The molecule has 1 aromatic carbocycles. The second kappa shape index (κ2) is 7.63. The van der Waals surface area contributed by atoms with E-state index in [-0.39, 0.29) is 17.6 Å². The molecule has 2 amide bonds. The van der Waals surface area contributed by atoms with Crippen molar-refractivity contribution in [1.29, 1.82) is 0 Å². The van der Waals surface area contributed by atoms with Crippen LogP contribution in [0.2, 0.25) is 0 Å². The van der Waals surface area contributed by atoms with Gasteiger partial charge < -0.3 is 24.4 Å². The Labute approximate surface area is 148 Å². The van der Waals surface area contributed by atoms with Gasteiger partial charge in [-0.2, -0.15) is 0 Å². The predicted molar refractivity (Wildman–Crippen MR) is 93.2 cm³/mol. The van der Waals surface area contributed by atoms with E-state index in [0.29, 0.717) is 36.6 Å². The first-order valence-electron chi connectivity index (χ1n) is 8.24. The molecule has 1 aromatic rings. The summed E-state index contributed by atoms with van der Waals surface area (Å²) in [6.45, 7) is 6.50. The Kier molecular flexibility index (Phi) is 5.77. The second-order valence-electron chi connectivity index (χ2n) is 6.98. The maximum absolute atomic E-state index is 12.9. The highest BCUT2D eigenvalue weighted by molar-refractivity contribution is 6.00. The van der Waals surface area contributed by atoms with Gasteiger partial charge in [0.25, 0.3) is 5.91 Å². The van der Waals surface area contributed by atoms with Crippen LogP contribution in [0.5, 0.6) is 11.5 Å². The smallest absolute Gasteiger partial charge is 0.407 e. The standard InChI is InChI=1S/C18H26N2O5/c1-18(2,3)19-17(22)25-12-9-10-20(11-12)16(21)15-13(23-4)7-6-8-14(15)24-5/h6-8,12H,9-11H2,1-5H3,(H,19,22). The first-order chi connectivity index (χ1) is 11.7. The lowest BCUT2D eigenvalue weighted by molar-refractivity contribution is 0.0710. The molecule has 1 atom stereocenters.